The van der Waals surface area contributed by atoms with Crippen LogP contribution in [0.5, 0.6) is 0 Å². The van der Waals surface area contributed by atoms with Crippen LogP contribution < -0.4 is 5.32 Å². The molecule has 0 spiro atoms. The van der Waals surface area contributed by atoms with Gasteiger partial charge in [-0.3, -0.25) is 0 Å². The molecule has 0 aromatic rings. The van der Waals surface area contributed by atoms with E-state index in [9.17, 15) is 8.42 Å². The van der Waals surface area contributed by atoms with Crippen LogP contribution in [0.25, 0.3) is 0 Å². The fraction of sp³-hybridized carbons (Fsp3) is 1.00. The molecule has 0 aromatic carbocycles. The smallest absolute Gasteiger partial charge is 0.215 e. The van der Waals surface area contributed by atoms with E-state index in [1.807, 2.05) is 11.8 Å². The number of thioether (sulfide) groups is 1. The molecule has 0 aliphatic carbocycles. The molecular formula is C9H18N2O2S2. The molecule has 2 fully saturated rings. The van der Waals surface area contributed by atoms with E-state index in [0.29, 0.717) is 19.0 Å². The third kappa shape index (κ3) is 3.09. The van der Waals surface area contributed by atoms with Gasteiger partial charge >= 0.3 is 0 Å². The van der Waals surface area contributed by atoms with E-state index in [0.717, 1.165) is 18.8 Å². The molecule has 4 nitrogen and oxygen atoms in total. The third-order valence-electron chi connectivity index (χ3n) is 2.95. The molecule has 2 rings (SSSR count). The highest BCUT2D eigenvalue weighted by molar-refractivity contribution is 7.99. The first kappa shape index (κ1) is 11.7. The van der Waals surface area contributed by atoms with Crippen molar-refractivity contribution in [3.05, 3.63) is 0 Å². The largest absolute Gasteiger partial charge is 0.314 e. The fourth-order valence-corrected chi connectivity index (χ4v) is 4.76. The van der Waals surface area contributed by atoms with E-state index in [2.05, 4.69) is 5.32 Å². The van der Waals surface area contributed by atoms with Crippen LogP contribution in [0.2, 0.25) is 0 Å². The summed E-state index contributed by atoms with van der Waals surface area (Å²) in [6.45, 7) is 2.76. The molecule has 1 unspecified atom stereocenters. The number of hydrogen-bond donors (Lipinski definition) is 1. The quantitative estimate of drug-likeness (QED) is 0.748. The lowest BCUT2D eigenvalue weighted by Gasteiger charge is -2.22. The normalized spacial score (nSPS) is 32.7. The van der Waals surface area contributed by atoms with Crippen molar-refractivity contribution in [1.82, 2.24) is 9.62 Å². The first-order valence-electron chi connectivity index (χ1n) is 5.45. The van der Waals surface area contributed by atoms with Crippen LogP contribution in [0, 0.1) is 5.92 Å². The van der Waals surface area contributed by atoms with Gasteiger partial charge in [0.05, 0.1) is 5.75 Å². The van der Waals surface area contributed by atoms with Crippen molar-refractivity contribution in [3.8, 4) is 0 Å². The molecule has 2 aliphatic rings. The maximum atomic E-state index is 11.9. The zero-order chi connectivity index (χ0) is 10.7. The molecule has 88 valence electrons. The van der Waals surface area contributed by atoms with Crippen molar-refractivity contribution in [2.45, 2.75) is 6.42 Å². The summed E-state index contributed by atoms with van der Waals surface area (Å²) in [7, 11) is -2.99. The zero-order valence-corrected chi connectivity index (χ0v) is 10.4. The summed E-state index contributed by atoms with van der Waals surface area (Å²) in [6.07, 6.45) is 1.17. The Kier molecular flexibility index (Phi) is 3.93. The molecule has 2 saturated heterocycles. The number of hydrogen-bond acceptors (Lipinski definition) is 4. The molecule has 15 heavy (non-hydrogen) atoms. The number of rotatable bonds is 2. The van der Waals surface area contributed by atoms with E-state index in [-0.39, 0.29) is 5.75 Å². The first-order chi connectivity index (χ1) is 7.18. The number of nitrogens with one attached hydrogen (secondary N) is 1. The molecule has 2 heterocycles. The molecule has 6 heteroatoms. The van der Waals surface area contributed by atoms with Gasteiger partial charge in [0, 0.05) is 26.2 Å². The molecule has 0 radical (unpaired) electrons. The van der Waals surface area contributed by atoms with Crippen LogP contribution in [0.4, 0.5) is 0 Å². The van der Waals surface area contributed by atoms with Crippen LogP contribution in [0.1, 0.15) is 6.42 Å². The minimum absolute atomic E-state index is 0.257. The highest BCUT2D eigenvalue weighted by atomic mass is 32.2. The number of nitrogens with zero attached hydrogens (tertiary/aromatic N) is 1. The van der Waals surface area contributed by atoms with Crippen molar-refractivity contribution < 1.29 is 8.42 Å². The van der Waals surface area contributed by atoms with Gasteiger partial charge in [0.1, 0.15) is 0 Å². The fourth-order valence-electron chi connectivity index (χ4n) is 2.02. The Bertz CT molecular complexity index is 299. The van der Waals surface area contributed by atoms with Crippen molar-refractivity contribution in [2.75, 3.05) is 43.4 Å². The summed E-state index contributed by atoms with van der Waals surface area (Å²) in [6, 6.07) is 0. The SMILES string of the molecule is O=S1(=O)CCNCCN1CC1CCSC1. The molecule has 1 N–H and O–H groups in total. The van der Waals surface area contributed by atoms with Gasteiger partial charge in [-0.05, 0) is 23.8 Å². The molecule has 1 atom stereocenters. The average Bonchev–Trinajstić information content (AvgIpc) is 2.62. The predicted octanol–water partition coefficient (Wildman–Crippen LogP) is -0.0255. The van der Waals surface area contributed by atoms with E-state index in [4.69, 9.17) is 0 Å². The van der Waals surface area contributed by atoms with Crippen LogP contribution in [-0.4, -0.2) is 56.2 Å². The van der Waals surface area contributed by atoms with Gasteiger partial charge in [-0.25, -0.2) is 12.7 Å². The minimum atomic E-state index is -2.99. The standard InChI is InChI=1S/C9H18N2O2S2/c12-15(13)6-3-10-2-4-11(15)7-9-1-5-14-8-9/h9-10H,1-8H2. The topological polar surface area (TPSA) is 49.4 Å². The molecule has 0 amide bonds. The summed E-state index contributed by atoms with van der Waals surface area (Å²) < 4.78 is 25.4. The Morgan fingerprint density at radius 2 is 2.27 bits per heavy atom. The van der Waals surface area contributed by atoms with Crippen LogP contribution >= 0.6 is 11.8 Å². The lowest BCUT2D eigenvalue weighted by molar-refractivity contribution is 0.365. The van der Waals surface area contributed by atoms with Crippen molar-refractivity contribution in [3.63, 3.8) is 0 Å². The van der Waals surface area contributed by atoms with E-state index in [1.165, 1.54) is 12.2 Å². The second kappa shape index (κ2) is 5.03. The van der Waals surface area contributed by atoms with Crippen molar-refractivity contribution in [1.29, 1.82) is 0 Å². The first-order valence-corrected chi connectivity index (χ1v) is 8.21. The highest BCUT2D eigenvalue weighted by Crippen LogP contribution is 2.25. The predicted molar refractivity (Wildman–Crippen MR) is 63.7 cm³/mol. The van der Waals surface area contributed by atoms with Gasteiger partial charge in [0.2, 0.25) is 10.0 Å². The summed E-state index contributed by atoms with van der Waals surface area (Å²) in [4.78, 5) is 0. The molecular weight excluding hydrogens is 232 g/mol. The van der Waals surface area contributed by atoms with Crippen LogP contribution in [0.15, 0.2) is 0 Å². The summed E-state index contributed by atoms with van der Waals surface area (Å²) in [5.74, 6) is 3.14. The Morgan fingerprint density at radius 1 is 1.40 bits per heavy atom. The van der Waals surface area contributed by atoms with Crippen molar-refractivity contribution >= 4 is 21.8 Å². The summed E-state index contributed by atoms with van der Waals surface area (Å²) in [5, 5.41) is 3.13. The van der Waals surface area contributed by atoms with Gasteiger partial charge in [-0.2, -0.15) is 11.8 Å². The Hall–Kier alpha value is 0.220. The summed E-state index contributed by atoms with van der Waals surface area (Å²) in [5.41, 5.74) is 0. The molecule has 0 saturated carbocycles. The maximum absolute atomic E-state index is 11.9. The van der Waals surface area contributed by atoms with E-state index in [1.54, 1.807) is 4.31 Å². The lowest BCUT2D eigenvalue weighted by Crippen LogP contribution is -2.37. The minimum Gasteiger partial charge on any atom is -0.314 e. The third-order valence-corrected chi connectivity index (χ3v) is 6.02. The Labute approximate surface area is 95.8 Å². The Morgan fingerprint density at radius 3 is 3.00 bits per heavy atom. The van der Waals surface area contributed by atoms with Crippen LogP contribution in [0.3, 0.4) is 0 Å². The second-order valence-corrected chi connectivity index (χ2v) is 7.39. The van der Waals surface area contributed by atoms with E-state index >= 15 is 0 Å². The average molecular weight is 250 g/mol. The number of sulfonamides is 1. The molecule has 0 aromatic heterocycles. The van der Waals surface area contributed by atoms with Gasteiger partial charge in [0.25, 0.3) is 0 Å². The van der Waals surface area contributed by atoms with Gasteiger partial charge in [-0.15, -0.1) is 0 Å². The maximum Gasteiger partial charge on any atom is 0.215 e. The van der Waals surface area contributed by atoms with Gasteiger partial charge < -0.3 is 5.32 Å². The van der Waals surface area contributed by atoms with Gasteiger partial charge in [0.15, 0.2) is 0 Å². The van der Waals surface area contributed by atoms with Gasteiger partial charge in [-0.1, -0.05) is 0 Å². The highest BCUT2D eigenvalue weighted by Gasteiger charge is 2.27. The summed E-state index contributed by atoms with van der Waals surface area (Å²) >= 11 is 1.94. The monoisotopic (exact) mass is 250 g/mol. The van der Waals surface area contributed by atoms with Crippen LogP contribution in [-0.2, 0) is 10.0 Å². The Balaban J connectivity index is 1.98. The second-order valence-electron chi connectivity index (χ2n) is 4.15. The lowest BCUT2D eigenvalue weighted by atomic mass is 10.1. The molecule has 0 bridgehead atoms. The zero-order valence-electron chi connectivity index (χ0n) is 8.81. The van der Waals surface area contributed by atoms with Crippen molar-refractivity contribution in [2.24, 2.45) is 5.92 Å². The molecule has 2 aliphatic heterocycles. The van der Waals surface area contributed by atoms with E-state index < -0.39 is 10.0 Å².